The van der Waals surface area contributed by atoms with Crippen molar-refractivity contribution >= 4 is 56.6 Å². The number of nitrogen functional groups attached to an aromatic ring is 2. The summed E-state index contributed by atoms with van der Waals surface area (Å²) in [4.78, 5) is 27.1. The quantitative estimate of drug-likeness (QED) is 0.0351. The molecule has 2 aliphatic carbocycles. The van der Waals surface area contributed by atoms with Crippen molar-refractivity contribution in [2.75, 3.05) is 75.4 Å². The molecule has 10 N–H and O–H groups in total. The number of aliphatic hydroxyl groups excluding tert-OH is 1. The number of rotatable bonds is 17. The van der Waals surface area contributed by atoms with Crippen LogP contribution < -0.4 is 99.3 Å². The molecule has 16 nitrogen and oxygen atoms in total. The molecule has 18 heteroatoms. The molecule has 0 saturated carbocycles. The average molecular weight is 1070 g/mol. The molecule has 4 aromatic rings. The van der Waals surface area contributed by atoms with E-state index in [9.17, 15) is 14.7 Å². The summed E-state index contributed by atoms with van der Waals surface area (Å²) >= 11 is 0. The van der Waals surface area contributed by atoms with Gasteiger partial charge in [0.1, 0.15) is 34.2 Å². The van der Waals surface area contributed by atoms with Crippen molar-refractivity contribution in [2.24, 2.45) is 0 Å². The van der Waals surface area contributed by atoms with Gasteiger partial charge in [-0.15, -0.1) is 0 Å². The first-order valence-electron chi connectivity index (χ1n) is 24.1. The Bertz CT molecular complexity index is 3270. The molecule has 0 unspecified atom stereocenters. The zero-order valence-electron chi connectivity index (χ0n) is 44.3. The number of carboxylic acids is 1. The number of benzene rings is 6. The second-order valence-electron chi connectivity index (χ2n) is 17.2. The Hall–Kier alpha value is -6.79. The molecule has 0 aromatic heterocycles. The first-order valence-corrected chi connectivity index (χ1v) is 24.1. The Balaban J connectivity index is 0.000000480. The summed E-state index contributed by atoms with van der Waals surface area (Å²) in [5, 5.41) is 33.1. The summed E-state index contributed by atoms with van der Waals surface area (Å²) in [6, 6.07) is 31.0. The molecule has 402 valence electrons. The Kier molecular flexibility index (Phi) is 25.9. The van der Waals surface area contributed by atoms with Gasteiger partial charge >= 0.3 is 35.5 Å². The van der Waals surface area contributed by atoms with Gasteiger partial charge in [0, 0.05) is 149 Å². The van der Waals surface area contributed by atoms with Crippen molar-refractivity contribution in [3.05, 3.63) is 119 Å². The molecule has 4 aliphatic rings. The molecule has 8 rings (SSSR count). The van der Waals surface area contributed by atoms with Crippen molar-refractivity contribution in [1.29, 1.82) is 0 Å². The van der Waals surface area contributed by atoms with Crippen molar-refractivity contribution in [1.82, 2.24) is 0 Å². The number of anilines is 4. The molecule has 76 heavy (non-hydrogen) atoms. The largest absolute Gasteiger partial charge is 1.00 e. The number of aliphatic hydroxyl groups is 1. The van der Waals surface area contributed by atoms with E-state index in [0.717, 1.165) is 99.1 Å². The van der Waals surface area contributed by atoms with Crippen molar-refractivity contribution < 1.29 is 101 Å². The number of carboxylic acid groups (broad SMARTS) is 1. The van der Waals surface area contributed by atoms with Gasteiger partial charge in [0.25, 0.3) is 0 Å². The number of ether oxygens (including phenoxy) is 3. The van der Waals surface area contributed by atoms with Crippen LogP contribution in [0.2, 0.25) is 0 Å². The zero-order valence-corrected chi connectivity index (χ0v) is 47.1. The molecule has 2 heterocycles. The number of aryl methyl sites for hydroxylation is 2. The monoisotopic (exact) mass is 1070 g/mol. The van der Waals surface area contributed by atoms with Crippen LogP contribution in [0.15, 0.2) is 106 Å². The Morgan fingerprint density at radius 1 is 0.632 bits per heavy atom. The predicted octanol–water partition coefficient (Wildman–Crippen LogP) is 0.129. The Morgan fingerprint density at radius 3 is 1.41 bits per heavy atom. The summed E-state index contributed by atoms with van der Waals surface area (Å²) in [6.07, 6.45) is 1.66. The minimum Gasteiger partial charge on any atom is -1.00 e. The van der Waals surface area contributed by atoms with E-state index in [1.165, 1.54) is 0 Å². The Morgan fingerprint density at radius 2 is 1.04 bits per heavy atom. The maximum Gasteiger partial charge on any atom is 1.00 e. The van der Waals surface area contributed by atoms with E-state index >= 15 is 0 Å². The third-order valence-electron chi connectivity index (χ3n) is 12.5. The molecule has 2 aliphatic heterocycles. The predicted molar refractivity (Wildman–Crippen MR) is 291 cm³/mol. The normalized spacial score (nSPS) is 10.3. The third kappa shape index (κ3) is 15.0. The number of carbonyl (C=O) groups excluding carboxylic acids is 2. The van der Waals surface area contributed by atoms with E-state index < -0.39 is 5.97 Å². The SMILES string of the molecule is C.CCN(CCCC(=O)[O-])c1cc(OC)c(-c2c3ccc(=[NH2+])cc-3oc3cc(N)ccc23)cc1C.CCOC(=O)CCCN(CC)c1cc(OC)c(-c2c3ccc(=[NH2+])cc-3oc3cc(N)ccc23)cc1C.CO.[Cl-].[Na+].[OH-]. The van der Waals surface area contributed by atoms with E-state index in [1.54, 1.807) is 14.2 Å². The summed E-state index contributed by atoms with van der Waals surface area (Å²) in [5.74, 6) is 1.61. The number of halogens is 1. The van der Waals surface area contributed by atoms with Gasteiger partial charge in [0.2, 0.25) is 0 Å². The van der Waals surface area contributed by atoms with Crippen molar-refractivity contribution in [3.8, 4) is 56.4 Å². The number of carbonyl (C=O) groups is 2. The van der Waals surface area contributed by atoms with Crippen LogP contribution in [0, 0.1) is 13.8 Å². The number of hydrogen-bond donors (Lipinski definition) is 5. The van der Waals surface area contributed by atoms with E-state index in [4.69, 9.17) is 50.4 Å². The molecular weight excluding hydrogens is 999 g/mol. The maximum absolute atomic E-state index is 11.8. The van der Waals surface area contributed by atoms with Gasteiger partial charge in [-0.25, -0.2) is 0 Å². The number of nitrogens with two attached hydrogens (primary N) is 4. The first kappa shape index (κ1) is 65.3. The molecule has 0 amide bonds. The minimum absolute atomic E-state index is 0. The molecule has 0 radical (unpaired) electrons. The smallest absolute Gasteiger partial charge is 1.00 e. The summed E-state index contributed by atoms with van der Waals surface area (Å²) in [5.41, 5.74) is 24.6. The van der Waals surface area contributed by atoms with Gasteiger partial charge < -0.3 is 77.2 Å². The molecular formula is C58H72ClN6NaO10. The van der Waals surface area contributed by atoms with Crippen molar-refractivity contribution in [3.63, 3.8) is 0 Å². The van der Waals surface area contributed by atoms with Crippen LogP contribution in [0.3, 0.4) is 0 Å². The van der Waals surface area contributed by atoms with Crippen molar-refractivity contribution in [2.45, 2.75) is 67.7 Å². The Labute approximate surface area is 473 Å². The molecule has 0 saturated heterocycles. The number of aliphatic carboxylic acids is 1. The molecule has 0 fully saturated rings. The fraction of sp³-hybridized carbons (Fsp3) is 0.310. The topological polar surface area (TPSA) is 271 Å². The summed E-state index contributed by atoms with van der Waals surface area (Å²) in [6.45, 7) is 13.4. The second kappa shape index (κ2) is 30.1. The number of methoxy groups -OCH3 is 2. The summed E-state index contributed by atoms with van der Waals surface area (Å²) < 4.78 is 29.2. The van der Waals surface area contributed by atoms with Gasteiger partial charge in [-0.3, -0.25) is 15.6 Å². The number of nitrogens with zero attached hydrogens (tertiary/aromatic N) is 2. The third-order valence-corrected chi connectivity index (χ3v) is 12.5. The van der Waals surface area contributed by atoms with Crippen LogP contribution in [0.25, 0.3) is 66.8 Å². The zero-order chi connectivity index (χ0) is 52.2. The van der Waals surface area contributed by atoms with Gasteiger partial charge in [0.15, 0.2) is 10.7 Å². The van der Waals surface area contributed by atoms with Gasteiger partial charge in [-0.05, 0) is 114 Å². The first-order chi connectivity index (χ1) is 34.7. The number of fused-ring (bicyclic) bond motifs is 4. The van der Waals surface area contributed by atoms with E-state index in [0.29, 0.717) is 82.9 Å². The van der Waals surface area contributed by atoms with Gasteiger partial charge in [-0.1, -0.05) is 7.43 Å². The number of esters is 1. The molecule has 0 bridgehead atoms. The van der Waals surface area contributed by atoms with Gasteiger partial charge in [-0.2, -0.15) is 0 Å². The minimum atomic E-state index is -1.03. The fourth-order valence-corrected chi connectivity index (χ4v) is 9.15. The van der Waals surface area contributed by atoms with Crippen LogP contribution >= 0.6 is 0 Å². The molecule has 0 atom stereocenters. The average Bonchev–Trinajstić information content (AvgIpc) is 3.36. The second-order valence-corrected chi connectivity index (χ2v) is 17.2. The van der Waals surface area contributed by atoms with E-state index in [-0.39, 0.29) is 67.3 Å². The number of hydrogen-bond acceptors (Lipinski definition) is 14. The molecule has 4 aromatic carbocycles. The standard InChI is InChI=1S/C29H33N3O4.C27H29N3O4.CH4O.CH4.ClH.Na.H2O/c1-5-32(13-7-8-28(33)35-6-2)24-17-25(34-4)23(14-18(24)3)29-21-11-9-19(30)15-26(21)36-27-16-20(31)10-12-22(27)29;1-4-30(11-5-6-26(31)32)22-15-23(33-3)21(12-16(22)2)27-19-9-7-17(28)13-24(19)34-25-14-18(29)8-10-20(25)27;1-2;;;;/h9-12,14-17,30H,5-8,13,31H2,1-4H3;7-10,12-15,28H,4-6,11,29H2,1-3H3,(H,31,32);2H,1H3;1H4;1H;;1H2/q;;;;;+1;/p-1. The molecule has 0 spiro atoms. The van der Waals surface area contributed by atoms with E-state index in [2.05, 4.69) is 41.8 Å². The van der Waals surface area contributed by atoms with E-state index in [1.807, 2.05) is 99.6 Å². The summed E-state index contributed by atoms with van der Waals surface area (Å²) in [7, 11) is 4.33. The maximum atomic E-state index is 11.8. The fourth-order valence-electron chi connectivity index (χ4n) is 9.15. The van der Waals surface area contributed by atoms with Crippen LogP contribution in [0.5, 0.6) is 11.5 Å². The van der Waals surface area contributed by atoms with Crippen LogP contribution in [0.1, 0.15) is 65.0 Å². The van der Waals surface area contributed by atoms with Crippen LogP contribution in [-0.2, 0) is 14.3 Å². The van der Waals surface area contributed by atoms with Gasteiger partial charge in [0.05, 0.1) is 33.0 Å². The van der Waals surface area contributed by atoms with Crippen LogP contribution in [0.4, 0.5) is 22.7 Å². The van der Waals surface area contributed by atoms with Crippen LogP contribution in [-0.4, -0.2) is 76.6 Å².